The van der Waals surface area contributed by atoms with Crippen molar-refractivity contribution in [2.75, 3.05) is 7.11 Å². The molecule has 0 amide bonds. The van der Waals surface area contributed by atoms with Gasteiger partial charge in [-0.05, 0) is 31.2 Å². The monoisotopic (exact) mass is 408 g/mol. The Bertz CT molecular complexity index is 1070. The molecule has 2 heterocycles. The normalized spacial score (nSPS) is 11.0. The van der Waals surface area contributed by atoms with Gasteiger partial charge in [-0.3, -0.25) is 0 Å². The van der Waals surface area contributed by atoms with Gasteiger partial charge < -0.3 is 9.30 Å². The lowest BCUT2D eigenvalue weighted by Gasteiger charge is -2.03. The molecule has 5 nitrogen and oxygen atoms in total. The van der Waals surface area contributed by atoms with Crippen molar-refractivity contribution in [3.05, 3.63) is 65.2 Å². The van der Waals surface area contributed by atoms with E-state index in [1.165, 1.54) is 5.56 Å². The van der Waals surface area contributed by atoms with Gasteiger partial charge in [0.25, 0.3) is 0 Å². The Morgan fingerprint density at radius 2 is 1.71 bits per heavy atom. The van der Waals surface area contributed by atoms with Crippen LogP contribution in [0, 0.1) is 6.92 Å². The molecule has 0 fully saturated rings. The highest BCUT2D eigenvalue weighted by atomic mass is 32.2. The Hall–Kier alpha value is -2.64. The molecule has 0 bridgehead atoms. The van der Waals surface area contributed by atoms with Crippen molar-refractivity contribution >= 4 is 23.1 Å². The molecule has 0 atom stereocenters. The molecular weight excluding hydrogens is 388 g/mol. The largest absolute Gasteiger partial charge is 0.497 e. The summed E-state index contributed by atoms with van der Waals surface area (Å²) in [5.41, 5.74) is 4.45. The molecular formula is C21H20N4OS2. The van der Waals surface area contributed by atoms with Crippen LogP contribution in [0.25, 0.3) is 22.0 Å². The number of nitrogens with zero attached hydrogens (tertiary/aromatic N) is 4. The Kier molecular flexibility index (Phi) is 5.45. The topological polar surface area (TPSA) is 52.8 Å². The van der Waals surface area contributed by atoms with E-state index in [9.17, 15) is 0 Å². The Labute approximate surface area is 172 Å². The molecule has 0 saturated carbocycles. The molecule has 7 heteroatoms. The number of ether oxygens (including phenoxy) is 1. The zero-order chi connectivity index (χ0) is 19.5. The third kappa shape index (κ3) is 3.95. The molecule has 4 rings (SSSR count). The molecule has 0 N–H and O–H groups in total. The lowest BCUT2D eigenvalue weighted by molar-refractivity contribution is 0.415. The fourth-order valence-corrected chi connectivity index (χ4v) is 4.51. The average Bonchev–Trinajstić information content (AvgIpc) is 3.34. The molecule has 28 heavy (non-hydrogen) atoms. The highest BCUT2D eigenvalue weighted by Crippen LogP contribution is 2.29. The van der Waals surface area contributed by atoms with Crippen molar-refractivity contribution in [2.24, 2.45) is 7.05 Å². The molecule has 0 spiro atoms. The molecule has 0 aliphatic carbocycles. The lowest BCUT2D eigenvalue weighted by atomic mass is 10.1. The SMILES string of the molecule is COc1ccc(-c2nc(CSc3nnc(-c4ccc(C)cc4)n3C)cs2)cc1. The van der Waals surface area contributed by atoms with Gasteiger partial charge in [0.05, 0.1) is 12.8 Å². The standard InChI is InChI=1S/C21H20N4OS2/c1-14-4-6-15(7-5-14)19-23-24-21(25(19)2)28-13-17-12-27-20(22-17)16-8-10-18(26-3)11-9-16/h4-12H,13H2,1-3H3. The van der Waals surface area contributed by atoms with Crippen LogP contribution in [0.4, 0.5) is 0 Å². The smallest absolute Gasteiger partial charge is 0.191 e. The summed E-state index contributed by atoms with van der Waals surface area (Å²) in [5, 5.41) is 12.7. The van der Waals surface area contributed by atoms with E-state index >= 15 is 0 Å². The van der Waals surface area contributed by atoms with Gasteiger partial charge in [-0.25, -0.2) is 4.98 Å². The van der Waals surface area contributed by atoms with E-state index in [0.29, 0.717) is 0 Å². The third-order valence-corrected chi connectivity index (χ3v) is 6.38. The highest BCUT2D eigenvalue weighted by molar-refractivity contribution is 7.98. The van der Waals surface area contributed by atoms with E-state index in [1.54, 1.807) is 30.2 Å². The predicted molar refractivity (Wildman–Crippen MR) is 115 cm³/mol. The predicted octanol–water partition coefficient (Wildman–Crippen LogP) is 5.21. The average molecular weight is 409 g/mol. The molecule has 0 aliphatic heterocycles. The van der Waals surface area contributed by atoms with Crippen molar-refractivity contribution in [2.45, 2.75) is 17.8 Å². The van der Waals surface area contributed by atoms with Crippen LogP contribution < -0.4 is 4.74 Å². The zero-order valence-corrected chi connectivity index (χ0v) is 17.5. The molecule has 0 saturated heterocycles. The molecule has 4 aromatic rings. The van der Waals surface area contributed by atoms with Crippen LogP contribution in [0.2, 0.25) is 0 Å². The maximum atomic E-state index is 5.21. The van der Waals surface area contributed by atoms with Crippen molar-refractivity contribution in [3.8, 4) is 27.7 Å². The van der Waals surface area contributed by atoms with E-state index in [0.717, 1.165) is 44.3 Å². The van der Waals surface area contributed by atoms with Crippen molar-refractivity contribution < 1.29 is 4.74 Å². The van der Waals surface area contributed by atoms with E-state index in [4.69, 9.17) is 9.72 Å². The van der Waals surface area contributed by atoms with Gasteiger partial charge in [0.1, 0.15) is 10.8 Å². The number of hydrogen-bond donors (Lipinski definition) is 0. The summed E-state index contributed by atoms with van der Waals surface area (Å²) in [5.74, 6) is 2.48. The first kappa shape index (κ1) is 18.7. The molecule has 0 aliphatic rings. The van der Waals surface area contributed by atoms with Gasteiger partial charge in [0.2, 0.25) is 0 Å². The van der Waals surface area contributed by atoms with Gasteiger partial charge in [0.15, 0.2) is 11.0 Å². The first-order chi connectivity index (χ1) is 13.6. The van der Waals surface area contributed by atoms with E-state index in [-0.39, 0.29) is 0 Å². The van der Waals surface area contributed by atoms with E-state index < -0.39 is 0 Å². The number of aryl methyl sites for hydroxylation is 1. The maximum absolute atomic E-state index is 5.21. The number of rotatable bonds is 6. The number of hydrogen-bond acceptors (Lipinski definition) is 6. The van der Waals surface area contributed by atoms with Gasteiger partial charge in [-0.1, -0.05) is 41.6 Å². The summed E-state index contributed by atoms with van der Waals surface area (Å²) in [7, 11) is 3.67. The fourth-order valence-electron chi connectivity index (χ4n) is 2.77. The Morgan fingerprint density at radius 3 is 2.43 bits per heavy atom. The summed E-state index contributed by atoms with van der Waals surface area (Å²) >= 11 is 3.30. The Morgan fingerprint density at radius 1 is 1.00 bits per heavy atom. The number of aromatic nitrogens is 4. The van der Waals surface area contributed by atoms with Crippen molar-refractivity contribution in [3.63, 3.8) is 0 Å². The minimum Gasteiger partial charge on any atom is -0.497 e. The number of benzene rings is 2. The second-order valence-electron chi connectivity index (χ2n) is 6.39. The quantitative estimate of drug-likeness (QED) is 0.410. The summed E-state index contributed by atoms with van der Waals surface area (Å²) in [6.45, 7) is 2.08. The van der Waals surface area contributed by atoms with Crippen LogP contribution in [0.5, 0.6) is 5.75 Å². The maximum Gasteiger partial charge on any atom is 0.191 e. The first-order valence-corrected chi connectivity index (χ1v) is 10.7. The molecule has 142 valence electrons. The number of thiazole rings is 1. The van der Waals surface area contributed by atoms with E-state index in [2.05, 4.69) is 46.8 Å². The van der Waals surface area contributed by atoms with Gasteiger partial charge in [0, 0.05) is 29.3 Å². The summed E-state index contributed by atoms with van der Waals surface area (Å²) < 4.78 is 7.25. The molecule has 0 unspecified atom stereocenters. The summed E-state index contributed by atoms with van der Waals surface area (Å²) in [6, 6.07) is 16.3. The second-order valence-corrected chi connectivity index (χ2v) is 8.19. The zero-order valence-electron chi connectivity index (χ0n) is 15.9. The summed E-state index contributed by atoms with van der Waals surface area (Å²) in [6.07, 6.45) is 0. The summed E-state index contributed by atoms with van der Waals surface area (Å²) in [4.78, 5) is 4.75. The molecule has 0 radical (unpaired) electrons. The van der Waals surface area contributed by atoms with Crippen LogP contribution >= 0.6 is 23.1 Å². The number of thioether (sulfide) groups is 1. The van der Waals surface area contributed by atoms with E-state index in [1.807, 2.05) is 35.9 Å². The Balaban J connectivity index is 1.45. The fraction of sp³-hybridized carbons (Fsp3) is 0.190. The van der Waals surface area contributed by atoms with Gasteiger partial charge in [-0.2, -0.15) is 0 Å². The van der Waals surface area contributed by atoms with Crippen LogP contribution in [0.15, 0.2) is 59.1 Å². The minimum atomic E-state index is 0.756. The van der Waals surface area contributed by atoms with Gasteiger partial charge in [-0.15, -0.1) is 21.5 Å². The molecule has 2 aromatic heterocycles. The van der Waals surface area contributed by atoms with Crippen LogP contribution in [-0.2, 0) is 12.8 Å². The molecule has 2 aromatic carbocycles. The lowest BCUT2D eigenvalue weighted by Crippen LogP contribution is -1.95. The third-order valence-electron chi connectivity index (χ3n) is 4.38. The van der Waals surface area contributed by atoms with Crippen LogP contribution in [-0.4, -0.2) is 26.9 Å². The minimum absolute atomic E-state index is 0.756. The first-order valence-electron chi connectivity index (χ1n) is 8.82. The van der Waals surface area contributed by atoms with Gasteiger partial charge >= 0.3 is 0 Å². The van der Waals surface area contributed by atoms with Crippen LogP contribution in [0.1, 0.15) is 11.3 Å². The van der Waals surface area contributed by atoms with Crippen LogP contribution in [0.3, 0.4) is 0 Å². The second kappa shape index (κ2) is 8.16. The van der Waals surface area contributed by atoms with Crippen molar-refractivity contribution in [1.82, 2.24) is 19.7 Å². The van der Waals surface area contributed by atoms with Crippen molar-refractivity contribution in [1.29, 1.82) is 0 Å². The highest BCUT2D eigenvalue weighted by Gasteiger charge is 2.12. The number of methoxy groups -OCH3 is 1.